The fourth-order valence-electron chi connectivity index (χ4n) is 2.69. The van der Waals surface area contributed by atoms with Crippen molar-refractivity contribution >= 4 is 17.3 Å². The van der Waals surface area contributed by atoms with E-state index in [-0.39, 0.29) is 0 Å². The van der Waals surface area contributed by atoms with Crippen LogP contribution in [-0.4, -0.2) is 17.3 Å². The lowest BCUT2D eigenvalue weighted by Gasteiger charge is -2.22. The Bertz CT molecular complexity index is 621. The van der Waals surface area contributed by atoms with Crippen LogP contribution in [0.5, 0.6) is 0 Å². The predicted octanol–water partition coefficient (Wildman–Crippen LogP) is 3.39. The molecule has 0 aliphatic heterocycles. The van der Waals surface area contributed by atoms with Crippen molar-refractivity contribution in [2.75, 3.05) is 12.8 Å². The molecule has 3 rings (SSSR count). The van der Waals surface area contributed by atoms with Crippen LogP contribution in [0.25, 0.3) is 11.5 Å². The minimum Gasteiger partial charge on any atom is -0.399 e. The summed E-state index contributed by atoms with van der Waals surface area (Å²) in [5.74, 6) is 0.994. The zero-order chi connectivity index (χ0) is 14.2. The van der Waals surface area contributed by atoms with Crippen LogP contribution >= 0.6 is 11.6 Å². The van der Waals surface area contributed by atoms with E-state index in [0.29, 0.717) is 28.0 Å². The van der Waals surface area contributed by atoms with Crippen molar-refractivity contribution in [3.63, 3.8) is 0 Å². The number of benzene rings is 1. The zero-order valence-corrected chi connectivity index (χ0v) is 12.0. The van der Waals surface area contributed by atoms with E-state index in [2.05, 4.69) is 10.1 Å². The third kappa shape index (κ3) is 2.17. The topological polar surface area (TPSA) is 74.2 Å². The average molecular weight is 294 g/mol. The van der Waals surface area contributed by atoms with E-state index in [1.165, 1.54) is 0 Å². The summed E-state index contributed by atoms with van der Waals surface area (Å²) < 4.78 is 11.0. The number of hydrogen-bond acceptors (Lipinski definition) is 5. The first kappa shape index (κ1) is 13.4. The second-order valence-corrected chi connectivity index (χ2v) is 5.48. The lowest BCUT2D eigenvalue weighted by atomic mass is 10.0. The van der Waals surface area contributed by atoms with Gasteiger partial charge in [-0.15, -0.1) is 0 Å². The molecule has 1 aromatic carbocycles. The fourth-order valence-corrected chi connectivity index (χ4v) is 2.96. The third-order valence-corrected chi connectivity index (χ3v) is 4.17. The second kappa shape index (κ2) is 5.07. The first-order valence-electron chi connectivity index (χ1n) is 6.59. The highest BCUT2D eigenvalue weighted by atomic mass is 35.5. The smallest absolute Gasteiger partial charge is 0.259 e. The van der Waals surface area contributed by atoms with Gasteiger partial charge in [0.2, 0.25) is 5.82 Å². The molecule has 0 amide bonds. The summed E-state index contributed by atoms with van der Waals surface area (Å²) >= 11 is 6.16. The third-order valence-electron chi connectivity index (χ3n) is 3.86. The molecule has 1 fully saturated rings. The SMILES string of the molecule is COC1(c2noc(-c3ccc(N)cc3Cl)n2)CCCC1. The van der Waals surface area contributed by atoms with Gasteiger partial charge in [-0.05, 0) is 43.9 Å². The number of nitrogens with two attached hydrogens (primary N) is 1. The molecule has 20 heavy (non-hydrogen) atoms. The van der Waals surface area contributed by atoms with Crippen molar-refractivity contribution in [2.24, 2.45) is 0 Å². The van der Waals surface area contributed by atoms with Crippen LogP contribution < -0.4 is 5.73 Å². The minimum atomic E-state index is -0.415. The standard InChI is InChI=1S/C14H16ClN3O2/c1-19-14(6-2-3-7-14)13-17-12(20-18-13)10-5-4-9(16)8-11(10)15/h4-5,8H,2-3,6-7,16H2,1H3. The minimum absolute atomic E-state index is 0.397. The maximum absolute atomic E-state index is 6.16. The van der Waals surface area contributed by atoms with Gasteiger partial charge in [0.1, 0.15) is 5.60 Å². The lowest BCUT2D eigenvalue weighted by Crippen LogP contribution is -2.25. The molecule has 1 aliphatic rings. The number of nitrogens with zero attached hydrogens (tertiary/aromatic N) is 2. The molecule has 0 unspecified atom stereocenters. The summed E-state index contributed by atoms with van der Waals surface area (Å²) in [5.41, 5.74) is 6.55. The summed E-state index contributed by atoms with van der Waals surface area (Å²) in [6.45, 7) is 0. The molecular weight excluding hydrogens is 278 g/mol. The summed E-state index contributed by atoms with van der Waals surface area (Å²) in [4.78, 5) is 4.47. The van der Waals surface area contributed by atoms with Crippen LogP contribution in [0.2, 0.25) is 5.02 Å². The molecule has 0 spiro atoms. The molecule has 1 aromatic heterocycles. The van der Waals surface area contributed by atoms with Gasteiger partial charge in [0.25, 0.3) is 5.89 Å². The quantitative estimate of drug-likeness (QED) is 0.878. The normalized spacial score (nSPS) is 17.5. The Hall–Kier alpha value is -1.59. The number of anilines is 1. The van der Waals surface area contributed by atoms with Crippen molar-refractivity contribution < 1.29 is 9.26 Å². The number of nitrogen functional groups attached to an aromatic ring is 1. The summed E-state index contributed by atoms with van der Waals surface area (Å²) in [7, 11) is 1.69. The van der Waals surface area contributed by atoms with Crippen LogP contribution in [0.4, 0.5) is 5.69 Å². The number of hydrogen-bond donors (Lipinski definition) is 1. The fraction of sp³-hybridized carbons (Fsp3) is 0.429. The van der Waals surface area contributed by atoms with Gasteiger partial charge >= 0.3 is 0 Å². The molecule has 0 radical (unpaired) electrons. The molecule has 5 nitrogen and oxygen atoms in total. The van der Waals surface area contributed by atoms with Crippen LogP contribution in [0.3, 0.4) is 0 Å². The Balaban J connectivity index is 1.97. The summed E-state index contributed by atoms with van der Waals surface area (Å²) in [5, 5.41) is 4.58. The maximum atomic E-state index is 6.16. The Kier molecular flexibility index (Phi) is 3.40. The predicted molar refractivity (Wildman–Crippen MR) is 76.3 cm³/mol. The number of aromatic nitrogens is 2. The molecule has 1 saturated carbocycles. The van der Waals surface area contributed by atoms with Crippen LogP contribution in [-0.2, 0) is 10.3 Å². The van der Waals surface area contributed by atoms with Gasteiger partial charge in [0.15, 0.2) is 0 Å². The van der Waals surface area contributed by atoms with Crippen molar-refractivity contribution in [2.45, 2.75) is 31.3 Å². The van der Waals surface area contributed by atoms with E-state index < -0.39 is 5.60 Å². The van der Waals surface area contributed by atoms with Crippen molar-refractivity contribution in [3.05, 3.63) is 29.0 Å². The second-order valence-electron chi connectivity index (χ2n) is 5.07. The lowest BCUT2D eigenvalue weighted by molar-refractivity contribution is -0.0178. The number of ether oxygens (including phenoxy) is 1. The molecule has 1 aliphatic carbocycles. The highest BCUT2D eigenvalue weighted by Crippen LogP contribution is 2.41. The maximum Gasteiger partial charge on any atom is 0.259 e. The van der Waals surface area contributed by atoms with E-state index in [1.807, 2.05) is 0 Å². The largest absolute Gasteiger partial charge is 0.399 e. The monoisotopic (exact) mass is 293 g/mol. The zero-order valence-electron chi connectivity index (χ0n) is 11.2. The van der Waals surface area contributed by atoms with Gasteiger partial charge in [0, 0.05) is 12.8 Å². The van der Waals surface area contributed by atoms with Crippen molar-refractivity contribution in [1.29, 1.82) is 0 Å². The summed E-state index contributed by atoms with van der Waals surface area (Å²) in [6, 6.07) is 5.21. The van der Waals surface area contributed by atoms with Gasteiger partial charge in [-0.3, -0.25) is 0 Å². The highest BCUT2D eigenvalue weighted by Gasteiger charge is 2.40. The number of methoxy groups -OCH3 is 1. The summed E-state index contributed by atoms with van der Waals surface area (Å²) in [6.07, 6.45) is 4.05. The Morgan fingerprint density at radius 1 is 1.35 bits per heavy atom. The molecule has 106 valence electrons. The van der Waals surface area contributed by atoms with Crippen molar-refractivity contribution in [1.82, 2.24) is 10.1 Å². The Morgan fingerprint density at radius 3 is 2.75 bits per heavy atom. The van der Waals surface area contributed by atoms with Crippen LogP contribution in [0.15, 0.2) is 22.7 Å². The molecule has 0 bridgehead atoms. The van der Waals surface area contributed by atoms with E-state index in [9.17, 15) is 0 Å². The highest BCUT2D eigenvalue weighted by molar-refractivity contribution is 6.33. The van der Waals surface area contributed by atoms with Gasteiger partial charge in [-0.2, -0.15) is 4.98 Å². The Morgan fingerprint density at radius 2 is 2.10 bits per heavy atom. The average Bonchev–Trinajstić information content (AvgIpc) is 3.08. The van der Waals surface area contributed by atoms with Gasteiger partial charge < -0.3 is 15.0 Å². The van der Waals surface area contributed by atoms with Gasteiger partial charge in [-0.25, -0.2) is 0 Å². The van der Waals surface area contributed by atoms with Crippen LogP contribution in [0, 0.1) is 0 Å². The molecule has 2 aromatic rings. The first-order valence-corrected chi connectivity index (χ1v) is 6.97. The Labute approximate surface area is 122 Å². The van der Waals surface area contributed by atoms with E-state index in [0.717, 1.165) is 25.7 Å². The van der Waals surface area contributed by atoms with Gasteiger partial charge in [-0.1, -0.05) is 16.8 Å². The first-order chi connectivity index (χ1) is 9.64. The van der Waals surface area contributed by atoms with Crippen molar-refractivity contribution in [3.8, 4) is 11.5 Å². The van der Waals surface area contributed by atoms with Gasteiger partial charge in [0.05, 0.1) is 10.6 Å². The molecule has 6 heteroatoms. The number of halogens is 1. The van der Waals surface area contributed by atoms with E-state index >= 15 is 0 Å². The van der Waals surface area contributed by atoms with Crippen LogP contribution in [0.1, 0.15) is 31.5 Å². The molecule has 0 saturated heterocycles. The number of rotatable bonds is 3. The van der Waals surface area contributed by atoms with E-state index in [4.69, 9.17) is 26.6 Å². The molecule has 1 heterocycles. The molecule has 0 atom stereocenters. The van der Waals surface area contributed by atoms with E-state index in [1.54, 1.807) is 25.3 Å². The molecular formula is C14H16ClN3O2. The molecule has 2 N–H and O–H groups in total.